The number of ether oxygens (including phenoxy) is 3. The minimum atomic E-state index is -2.42. The summed E-state index contributed by atoms with van der Waals surface area (Å²) in [6, 6.07) is 0. The molecule has 1 rings (SSSR count). The summed E-state index contributed by atoms with van der Waals surface area (Å²) in [6.45, 7) is 0.187. The summed E-state index contributed by atoms with van der Waals surface area (Å²) >= 11 is 0. The van der Waals surface area contributed by atoms with Crippen molar-refractivity contribution in [2.24, 2.45) is 0 Å². The zero-order valence-electron chi connectivity index (χ0n) is 18.4. The average Bonchev–Trinajstić information content (AvgIpc) is 2.81. The van der Waals surface area contributed by atoms with Gasteiger partial charge in [-0.2, -0.15) is 0 Å². The third-order valence-corrected chi connectivity index (χ3v) is 7.11. The number of aliphatic carboxylic acids is 1. The Morgan fingerprint density at radius 3 is 2.26 bits per heavy atom. The molecule has 0 spiro atoms. The molecular formula is C18H34O14S2. The first kappa shape index (κ1) is 31.7. The van der Waals surface area contributed by atoms with Crippen molar-refractivity contribution in [1.82, 2.24) is 0 Å². The predicted molar refractivity (Wildman–Crippen MR) is 117 cm³/mol. The van der Waals surface area contributed by atoms with Gasteiger partial charge in [-0.05, 0) is 0 Å². The quantitative estimate of drug-likeness (QED) is 0.0513. The molecule has 16 heteroatoms. The van der Waals surface area contributed by atoms with Crippen LogP contribution in [0.5, 0.6) is 0 Å². The Morgan fingerprint density at radius 2 is 1.74 bits per heavy atom. The van der Waals surface area contributed by atoms with Crippen molar-refractivity contribution >= 4 is 27.6 Å². The molecule has 0 aliphatic carbocycles. The van der Waals surface area contributed by atoms with Gasteiger partial charge in [0, 0.05) is 18.6 Å². The van der Waals surface area contributed by atoms with E-state index in [0.717, 1.165) is 0 Å². The van der Waals surface area contributed by atoms with Crippen molar-refractivity contribution in [2.75, 3.05) is 24.9 Å². The SMILES string of the molecule is CCSSCO[C@]1(C(=O)O)C[C@@H](O)[C@@H](O[C@@H](O)[C@H](O)C(O)[C@H](O)C[C@@H](O)CO)C([C@H](O)CO)O1. The van der Waals surface area contributed by atoms with Crippen LogP contribution in [0.3, 0.4) is 0 Å². The smallest absolute Gasteiger partial charge is 0.364 e. The fraction of sp³-hybridized carbons (Fsp3) is 0.944. The molecule has 0 amide bonds. The van der Waals surface area contributed by atoms with E-state index in [1.165, 1.54) is 21.6 Å². The summed E-state index contributed by atoms with van der Waals surface area (Å²) in [6.07, 6.45) is -18.0. The zero-order chi connectivity index (χ0) is 26.1. The van der Waals surface area contributed by atoms with Gasteiger partial charge in [0.15, 0.2) is 6.29 Å². The summed E-state index contributed by atoms with van der Waals surface area (Å²) in [5, 5.41) is 98.1. The van der Waals surface area contributed by atoms with Crippen LogP contribution in [0, 0.1) is 0 Å². The molecule has 1 aliphatic heterocycles. The van der Waals surface area contributed by atoms with Crippen molar-refractivity contribution in [3.8, 4) is 0 Å². The molecule has 10 N–H and O–H groups in total. The van der Waals surface area contributed by atoms with Crippen LogP contribution in [-0.2, 0) is 19.0 Å². The lowest BCUT2D eigenvalue weighted by atomic mass is 9.92. The highest BCUT2D eigenvalue weighted by atomic mass is 33.1. The molecular weight excluding hydrogens is 504 g/mol. The van der Waals surface area contributed by atoms with E-state index in [1.54, 1.807) is 0 Å². The third kappa shape index (κ3) is 8.67. The Labute approximate surface area is 203 Å². The molecule has 1 saturated heterocycles. The fourth-order valence-electron chi connectivity index (χ4n) is 3.17. The number of rotatable bonds is 16. The van der Waals surface area contributed by atoms with Gasteiger partial charge in [0.2, 0.25) is 0 Å². The lowest BCUT2D eigenvalue weighted by Gasteiger charge is -2.46. The normalized spacial score (nSPS) is 30.8. The second kappa shape index (κ2) is 15.1. The third-order valence-electron chi connectivity index (χ3n) is 5.00. The van der Waals surface area contributed by atoms with Crippen LogP contribution in [0.15, 0.2) is 0 Å². The van der Waals surface area contributed by atoms with Gasteiger partial charge in [-0.3, -0.25) is 0 Å². The first-order chi connectivity index (χ1) is 15.9. The number of hydrogen-bond donors (Lipinski definition) is 10. The Bertz CT molecular complexity index is 603. The number of hydrogen-bond acceptors (Lipinski definition) is 15. The molecule has 0 aromatic rings. The van der Waals surface area contributed by atoms with E-state index in [2.05, 4.69) is 0 Å². The zero-order valence-corrected chi connectivity index (χ0v) is 20.0. The van der Waals surface area contributed by atoms with Gasteiger partial charge in [-0.25, -0.2) is 4.79 Å². The van der Waals surface area contributed by atoms with Gasteiger partial charge in [-0.15, -0.1) is 0 Å². The summed E-state index contributed by atoms with van der Waals surface area (Å²) in [7, 11) is 2.55. The lowest BCUT2D eigenvalue weighted by Crippen LogP contribution is -2.64. The van der Waals surface area contributed by atoms with Gasteiger partial charge in [0.05, 0.1) is 31.5 Å². The predicted octanol–water partition coefficient (Wildman–Crippen LogP) is -3.82. The second-order valence-corrected chi connectivity index (χ2v) is 10.3. The van der Waals surface area contributed by atoms with Crippen LogP contribution < -0.4 is 0 Å². The van der Waals surface area contributed by atoms with Crippen LogP contribution >= 0.6 is 21.6 Å². The first-order valence-electron chi connectivity index (χ1n) is 10.4. The van der Waals surface area contributed by atoms with E-state index in [-0.39, 0.29) is 5.94 Å². The number of carbonyl (C=O) groups is 1. The molecule has 0 aromatic heterocycles. The number of aliphatic hydroxyl groups excluding tert-OH is 9. The van der Waals surface area contributed by atoms with Crippen molar-refractivity contribution in [2.45, 2.75) is 80.7 Å². The van der Waals surface area contributed by atoms with E-state index >= 15 is 0 Å². The Kier molecular flexibility index (Phi) is 14.0. The molecule has 10 atom stereocenters. The minimum Gasteiger partial charge on any atom is -0.477 e. The molecule has 1 aliphatic rings. The minimum absolute atomic E-state index is 0.157. The Morgan fingerprint density at radius 1 is 1.09 bits per heavy atom. The second-order valence-electron chi connectivity index (χ2n) is 7.56. The summed E-state index contributed by atoms with van der Waals surface area (Å²) in [4.78, 5) is 11.9. The highest BCUT2D eigenvalue weighted by molar-refractivity contribution is 8.76. The number of carboxylic acid groups (broad SMARTS) is 1. The average molecular weight is 539 g/mol. The molecule has 34 heavy (non-hydrogen) atoms. The molecule has 202 valence electrons. The number of carboxylic acids is 1. The monoisotopic (exact) mass is 538 g/mol. The molecule has 0 aromatic carbocycles. The van der Waals surface area contributed by atoms with Crippen LogP contribution in [0.25, 0.3) is 0 Å². The lowest BCUT2D eigenvalue weighted by molar-refractivity contribution is -0.343. The summed E-state index contributed by atoms with van der Waals surface area (Å²) in [5.41, 5.74) is 0. The van der Waals surface area contributed by atoms with Crippen molar-refractivity contribution in [3.63, 3.8) is 0 Å². The van der Waals surface area contributed by atoms with Gasteiger partial charge >= 0.3 is 5.97 Å². The first-order valence-corrected chi connectivity index (χ1v) is 12.9. The summed E-state index contributed by atoms with van der Waals surface area (Å²) in [5.74, 6) is -3.49. The van der Waals surface area contributed by atoms with Gasteiger partial charge in [0.1, 0.15) is 36.5 Å². The maximum absolute atomic E-state index is 11.9. The standard InChI is InChI=1S/C18H34O14S2/c1-2-33-34-7-30-18(17(28)29)4-10(23)14(15(32-18)11(24)6-20)31-16(27)13(26)12(25)9(22)3-8(21)5-19/h8-16,19-27H,2-7H2,1H3,(H,28,29)/t8-,9-,10-,11-,12?,13-,14-,15?,16-,18-/m1/s1. The Hall–Kier alpha value is -0.310. The molecule has 1 fully saturated rings. The maximum atomic E-state index is 11.9. The molecule has 0 saturated carbocycles. The fourth-order valence-corrected chi connectivity index (χ4v) is 4.50. The van der Waals surface area contributed by atoms with Gasteiger partial charge in [-0.1, -0.05) is 28.5 Å². The molecule has 1 heterocycles. The largest absolute Gasteiger partial charge is 0.477 e. The molecule has 2 unspecified atom stereocenters. The van der Waals surface area contributed by atoms with E-state index in [9.17, 15) is 50.8 Å². The summed E-state index contributed by atoms with van der Waals surface area (Å²) < 4.78 is 15.9. The van der Waals surface area contributed by atoms with E-state index in [1.807, 2.05) is 6.92 Å². The molecule has 0 bridgehead atoms. The molecule has 0 radical (unpaired) electrons. The number of aliphatic hydroxyl groups is 9. The van der Waals surface area contributed by atoms with Crippen LogP contribution in [0.4, 0.5) is 0 Å². The van der Waals surface area contributed by atoms with E-state index < -0.39 is 92.9 Å². The highest BCUT2D eigenvalue weighted by Gasteiger charge is 2.56. The Balaban J connectivity index is 2.99. The van der Waals surface area contributed by atoms with Gasteiger partial charge < -0.3 is 65.3 Å². The molecule has 14 nitrogen and oxygen atoms in total. The van der Waals surface area contributed by atoms with Crippen LogP contribution in [-0.4, -0.2) is 143 Å². The van der Waals surface area contributed by atoms with Gasteiger partial charge in [0.25, 0.3) is 5.79 Å². The van der Waals surface area contributed by atoms with Crippen molar-refractivity contribution in [3.05, 3.63) is 0 Å². The topological polar surface area (TPSA) is 247 Å². The van der Waals surface area contributed by atoms with Crippen molar-refractivity contribution < 1.29 is 70.1 Å². The highest BCUT2D eigenvalue weighted by Crippen LogP contribution is 2.36. The van der Waals surface area contributed by atoms with E-state index in [0.29, 0.717) is 5.75 Å². The van der Waals surface area contributed by atoms with Crippen molar-refractivity contribution in [1.29, 1.82) is 0 Å². The van der Waals surface area contributed by atoms with E-state index in [4.69, 9.17) is 19.3 Å². The van der Waals surface area contributed by atoms with Crippen LogP contribution in [0.2, 0.25) is 0 Å². The van der Waals surface area contributed by atoms with Crippen LogP contribution in [0.1, 0.15) is 19.8 Å². The maximum Gasteiger partial charge on any atom is 0.364 e.